The van der Waals surface area contributed by atoms with E-state index in [-0.39, 0.29) is 18.2 Å². The minimum Gasteiger partial charge on any atom is -0.345 e. The van der Waals surface area contributed by atoms with E-state index in [0.717, 1.165) is 17.1 Å². The van der Waals surface area contributed by atoms with Gasteiger partial charge >= 0.3 is 0 Å². The van der Waals surface area contributed by atoms with Crippen LogP contribution in [0.4, 0.5) is 0 Å². The van der Waals surface area contributed by atoms with Crippen LogP contribution in [-0.4, -0.2) is 28.0 Å². The Hall–Kier alpha value is -2.43. The van der Waals surface area contributed by atoms with Crippen molar-refractivity contribution in [3.8, 4) is 5.69 Å². The summed E-state index contributed by atoms with van der Waals surface area (Å²) in [4.78, 5) is 24.0. The number of hydrogen-bond donors (Lipinski definition) is 1. The Morgan fingerprint density at radius 3 is 2.22 bits per heavy atom. The molecule has 0 saturated heterocycles. The molecule has 0 aliphatic heterocycles. The summed E-state index contributed by atoms with van der Waals surface area (Å²) in [7, 11) is 0. The minimum absolute atomic E-state index is 0.00473. The van der Waals surface area contributed by atoms with Crippen molar-refractivity contribution in [2.45, 2.75) is 34.6 Å². The first-order valence-electron chi connectivity index (χ1n) is 7.63. The van der Waals surface area contributed by atoms with Crippen LogP contribution in [0.3, 0.4) is 0 Å². The molecular formula is C18H23N3O2. The summed E-state index contributed by atoms with van der Waals surface area (Å²) in [5.41, 5.74) is 2.96. The predicted octanol–water partition coefficient (Wildman–Crippen LogP) is 2.83. The molecule has 0 fully saturated rings. The molecule has 0 bridgehead atoms. The number of rotatable bonds is 4. The molecule has 1 N–H and O–H groups in total. The van der Waals surface area contributed by atoms with Crippen molar-refractivity contribution in [2.75, 3.05) is 6.54 Å². The number of aromatic nitrogens is 2. The molecular weight excluding hydrogens is 290 g/mol. The molecule has 2 aromatic rings. The van der Waals surface area contributed by atoms with Crippen LogP contribution in [0.25, 0.3) is 5.69 Å². The van der Waals surface area contributed by atoms with Gasteiger partial charge in [0.15, 0.2) is 5.78 Å². The highest BCUT2D eigenvalue weighted by molar-refractivity contribution is 5.97. The van der Waals surface area contributed by atoms with Crippen molar-refractivity contribution in [1.29, 1.82) is 0 Å². The molecule has 0 aliphatic carbocycles. The van der Waals surface area contributed by atoms with Crippen molar-refractivity contribution in [2.24, 2.45) is 5.41 Å². The summed E-state index contributed by atoms with van der Waals surface area (Å²) in [5, 5.41) is 7.08. The number of hydrogen-bond acceptors (Lipinski definition) is 3. The molecule has 2 rings (SSSR count). The first kappa shape index (κ1) is 16.9. The number of carbonyl (C=O) groups excluding carboxylic acids is 2. The van der Waals surface area contributed by atoms with E-state index in [1.54, 1.807) is 12.1 Å². The molecule has 1 amide bonds. The van der Waals surface area contributed by atoms with E-state index in [0.29, 0.717) is 5.56 Å². The highest BCUT2D eigenvalue weighted by Gasteiger charge is 2.21. The molecule has 1 heterocycles. The molecule has 0 unspecified atom stereocenters. The van der Waals surface area contributed by atoms with Gasteiger partial charge in [-0.3, -0.25) is 9.59 Å². The molecule has 5 heteroatoms. The predicted molar refractivity (Wildman–Crippen MR) is 89.8 cm³/mol. The van der Waals surface area contributed by atoms with E-state index in [1.165, 1.54) is 0 Å². The number of aryl methyl sites for hydroxylation is 2. The number of amides is 1. The highest BCUT2D eigenvalue weighted by atomic mass is 16.2. The Morgan fingerprint density at radius 1 is 1.13 bits per heavy atom. The van der Waals surface area contributed by atoms with Crippen LogP contribution >= 0.6 is 0 Å². The molecule has 122 valence electrons. The summed E-state index contributed by atoms with van der Waals surface area (Å²) in [5.74, 6) is -0.243. The van der Waals surface area contributed by atoms with Gasteiger partial charge in [-0.15, -0.1) is 0 Å². The summed E-state index contributed by atoms with van der Waals surface area (Å²) >= 11 is 0. The van der Waals surface area contributed by atoms with Gasteiger partial charge in [-0.2, -0.15) is 5.10 Å². The lowest BCUT2D eigenvalue weighted by Crippen LogP contribution is -2.35. The Labute approximate surface area is 136 Å². The maximum absolute atomic E-state index is 12.1. The van der Waals surface area contributed by atoms with Crippen molar-refractivity contribution < 1.29 is 9.59 Å². The van der Waals surface area contributed by atoms with Crippen LogP contribution in [0, 0.1) is 19.3 Å². The van der Waals surface area contributed by atoms with Gasteiger partial charge < -0.3 is 5.32 Å². The van der Waals surface area contributed by atoms with Gasteiger partial charge in [-0.05, 0) is 44.2 Å². The fraction of sp³-hybridized carbons (Fsp3) is 0.389. The van der Waals surface area contributed by atoms with Gasteiger partial charge in [0.05, 0.1) is 17.9 Å². The van der Waals surface area contributed by atoms with Gasteiger partial charge in [-0.1, -0.05) is 20.8 Å². The summed E-state index contributed by atoms with van der Waals surface area (Å²) in [6, 6.07) is 9.17. The van der Waals surface area contributed by atoms with Crippen molar-refractivity contribution in [3.05, 3.63) is 47.3 Å². The summed E-state index contributed by atoms with van der Waals surface area (Å²) in [6.45, 7) is 9.48. The zero-order valence-electron chi connectivity index (χ0n) is 14.3. The van der Waals surface area contributed by atoms with Crippen LogP contribution in [-0.2, 0) is 4.79 Å². The average molecular weight is 313 g/mol. The van der Waals surface area contributed by atoms with E-state index < -0.39 is 5.41 Å². The summed E-state index contributed by atoms with van der Waals surface area (Å²) < 4.78 is 1.83. The van der Waals surface area contributed by atoms with Gasteiger partial charge in [0.2, 0.25) is 0 Å². The standard InChI is InChI=1S/C18H23N3O2/c1-12-10-13(2)21(20-12)15-8-6-14(7-9-15)17(23)19-11-16(22)18(3,4)5/h6-10H,11H2,1-5H3,(H,19,23). The number of nitrogens with one attached hydrogen (secondary N) is 1. The number of nitrogens with zero attached hydrogens (tertiary/aromatic N) is 2. The topological polar surface area (TPSA) is 64.0 Å². The zero-order valence-corrected chi connectivity index (χ0v) is 14.3. The van der Waals surface area contributed by atoms with E-state index >= 15 is 0 Å². The fourth-order valence-electron chi connectivity index (χ4n) is 2.17. The number of ketones is 1. The largest absolute Gasteiger partial charge is 0.345 e. The van der Waals surface area contributed by atoms with E-state index in [4.69, 9.17) is 0 Å². The van der Waals surface area contributed by atoms with Crippen LogP contribution in [0.15, 0.2) is 30.3 Å². The average Bonchev–Trinajstić information content (AvgIpc) is 2.82. The zero-order chi connectivity index (χ0) is 17.2. The van der Waals surface area contributed by atoms with Gasteiger partial charge in [0, 0.05) is 16.7 Å². The monoisotopic (exact) mass is 313 g/mol. The Kier molecular flexibility index (Phi) is 4.68. The van der Waals surface area contributed by atoms with Crippen molar-refractivity contribution >= 4 is 11.7 Å². The normalized spacial score (nSPS) is 11.3. The lowest BCUT2D eigenvalue weighted by atomic mass is 9.91. The highest BCUT2D eigenvalue weighted by Crippen LogP contribution is 2.15. The second kappa shape index (κ2) is 6.36. The Bertz CT molecular complexity index is 722. The minimum atomic E-state index is -0.452. The SMILES string of the molecule is Cc1cc(C)n(-c2ccc(C(=O)NCC(=O)C(C)(C)C)cc2)n1. The summed E-state index contributed by atoms with van der Waals surface area (Å²) in [6.07, 6.45) is 0. The van der Waals surface area contributed by atoms with Crippen LogP contribution in [0.2, 0.25) is 0 Å². The number of benzene rings is 1. The Balaban J connectivity index is 2.06. The lowest BCUT2D eigenvalue weighted by molar-refractivity contribution is -0.125. The smallest absolute Gasteiger partial charge is 0.251 e. The number of carbonyl (C=O) groups is 2. The third kappa shape index (κ3) is 4.06. The molecule has 0 spiro atoms. The van der Waals surface area contributed by atoms with Crippen molar-refractivity contribution in [1.82, 2.24) is 15.1 Å². The second-order valence-electron chi connectivity index (χ2n) is 6.74. The molecule has 0 saturated carbocycles. The van der Waals surface area contributed by atoms with Crippen LogP contribution < -0.4 is 5.32 Å². The van der Waals surface area contributed by atoms with Gasteiger partial charge in [0.1, 0.15) is 0 Å². The van der Waals surface area contributed by atoms with Crippen LogP contribution in [0.5, 0.6) is 0 Å². The van der Waals surface area contributed by atoms with E-state index in [9.17, 15) is 9.59 Å². The Morgan fingerprint density at radius 2 is 1.74 bits per heavy atom. The molecule has 0 radical (unpaired) electrons. The number of Topliss-reactive ketones (excluding diaryl/α,β-unsaturated/α-hetero) is 1. The van der Waals surface area contributed by atoms with Gasteiger partial charge in [0.25, 0.3) is 5.91 Å². The molecule has 5 nitrogen and oxygen atoms in total. The third-order valence-electron chi connectivity index (χ3n) is 3.63. The molecule has 1 aromatic carbocycles. The first-order valence-corrected chi connectivity index (χ1v) is 7.63. The van der Waals surface area contributed by atoms with Crippen molar-refractivity contribution in [3.63, 3.8) is 0 Å². The maximum atomic E-state index is 12.1. The quantitative estimate of drug-likeness (QED) is 0.944. The van der Waals surface area contributed by atoms with Gasteiger partial charge in [-0.25, -0.2) is 4.68 Å². The molecule has 1 aromatic heterocycles. The third-order valence-corrected chi connectivity index (χ3v) is 3.63. The lowest BCUT2D eigenvalue weighted by Gasteiger charge is -2.16. The fourth-order valence-corrected chi connectivity index (χ4v) is 2.17. The second-order valence-corrected chi connectivity index (χ2v) is 6.74. The maximum Gasteiger partial charge on any atom is 0.251 e. The first-order chi connectivity index (χ1) is 10.7. The van der Waals surface area contributed by atoms with E-state index in [1.807, 2.05) is 57.5 Å². The molecule has 0 atom stereocenters. The molecule has 23 heavy (non-hydrogen) atoms. The van der Waals surface area contributed by atoms with Crippen LogP contribution in [0.1, 0.15) is 42.5 Å². The molecule has 0 aliphatic rings. The van der Waals surface area contributed by atoms with E-state index in [2.05, 4.69) is 10.4 Å².